The number of aromatic amines is 1. The van der Waals surface area contributed by atoms with Gasteiger partial charge in [0, 0.05) is 55.6 Å². The van der Waals surface area contributed by atoms with Gasteiger partial charge < -0.3 is 14.4 Å². The summed E-state index contributed by atoms with van der Waals surface area (Å²) in [7, 11) is 0. The number of anilines is 1. The van der Waals surface area contributed by atoms with Gasteiger partial charge in [-0.3, -0.25) is 9.48 Å². The third-order valence-electron chi connectivity index (χ3n) is 6.64. The Bertz CT molecular complexity index is 1220. The van der Waals surface area contributed by atoms with Crippen molar-refractivity contribution in [3.63, 3.8) is 0 Å². The van der Waals surface area contributed by atoms with Crippen molar-refractivity contribution >= 4 is 17.3 Å². The molecule has 9 nitrogen and oxygen atoms in total. The van der Waals surface area contributed by atoms with Gasteiger partial charge in [0.1, 0.15) is 11.1 Å². The molecule has 0 amide bonds. The van der Waals surface area contributed by atoms with Gasteiger partial charge in [0.15, 0.2) is 0 Å². The van der Waals surface area contributed by atoms with Crippen LogP contribution in [-0.2, 0) is 11.3 Å². The lowest BCUT2D eigenvalue weighted by atomic mass is 10.0. The van der Waals surface area contributed by atoms with Crippen LogP contribution < -0.4 is 15.2 Å². The zero-order valence-corrected chi connectivity index (χ0v) is 20.2. The number of nitrogens with zero attached hydrogens (tertiary/aromatic N) is 5. The molecule has 34 heavy (non-hydrogen) atoms. The second-order valence-corrected chi connectivity index (χ2v) is 9.44. The van der Waals surface area contributed by atoms with E-state index in [2.05, 4.69) is 26.8 Å². The summed E-state index contributed by atoms with van der Waals surface area (Å²) < 4.78 is 14.0. The van der Waals surface area contributed by atoms with Crippen molar-refractivity contribution in [2.24, 2.45) is 5.92 Å². The summed E-state index contributed by atoms with van der Waals surface area (Å²) in [5.41, 5.74) is 4.54. The molecule has 180 valence electrons. The average molecular weight is 485 g/mol. The van der Waals surface area contributed by atoms with E-state index in [1.807, 2.05) is 24.0 Å². The molecule has 0 radical (unpaired) electrons. The van der Waals surface area contributed by atoms with Gasteiger partial charge in [-0.2, -0.15) is 10.2 Å². The lowest BCUT2D eigenvalue weighted by molar-refractivity contribution is 0.0467. The summed E-state index contributed by atoms with van der Waals surface area (Å²) in [5.74, 6) is 1.08. The number of rotatable bonds is 6. The Morgan fingerprint density at radius 2 is 2.21 bits per heavy atom. The molecule has 3 aromatic heterocycles. The smallest absolute Gasteiger partial charge is 0.285 e. The van der Waals surface area contributed by atoms with Crippen molar-refractivity contribution in [2.75, 3.05) is 31.2 Å². The molecule has 3 aromatic rings. The van der Waals surface area contributed by atoms with E-state index in [4.69, 9.17) is 26.2 Å². The molecule has 5 rings (SSSR count). The normalized spacial score (nSPS) is 20.6. The van der Waals surface area contributed by atoms with Crippen LogP contribution in [-0.4, -0.2) is 57.4 Å². The van der Waals surface area contributed by atoms with E-state index < -0.39 is 0 Å². The maximum atomic E-state index is 11.8. The van der Waals surface area contributed by atoms with E-state index in [1.54, 1.807) is 12.4 Å². The van der Waals surface area contributed by atoms with Gasteiger partial charge in [0.2, 0.25) is 5.88 Å². The van der Waals surface area contributed by atoms with E-state index >= 15 is 0 Å². The average Bonchev–Trinajstić information content (AvgIpc) is 3.40. The summed E-state index contributed by atoms with van der Waals surface area (Å²) >= 11 is 6.17. The summed E-state index contributed by atoms with van der Waals surface area (Å²) in [4.78, 5) is 18.2. The summed E-state index contributed by atoms with van der Waals surface area (Å²) in [6.45, 7) is 8.04. The maximum Gasteiger partial charge on any atom is 0.285 e. The van der Waals surface area contributed by atoms with Crippen LogP contribution in [0.5, 0.6) is 5.88 Å². The minimum absolute atomic E-state index is 0.0608. The number of pyridine rings is 1. The third-order valence-corrected chi connectivity index (χ3v) is 7.01. The first-order valence-corrected chi connectivity index (χ1v) is 12.1. The Balaban J connectivity index is 1.30. The molecule has 2 atom stereocenters. The minimum atomic E-state index is -0.389. The molecule has 0 aromatic carbocycles. The maximum absolute atomic E-state index is 11.8. The molecule has 2 aliphatic rings. The Hall–Kier alpha value is -2.91. The van der Waals surface area contributed by atoms with Crippen molar-refractivity contribution in [1.29, 1.82) is 0 Å². The van der Waals surface area contributed by atoms with E-state index in [0.29, 0.717) is 24.0 Å². The Labute approximate surface area is 203 Å². The largest absolute Gasteiger partial charge is 0.472 e. The van der Waals surface area contributed by atoms with Crippen LogP contribution in [0.4, 0.5) is 5.69 Å². The molecule has 2 saturated heterocycles. The van der Waals surface area contributed by atoms with Gasteiger partial charge in [0.25, 0.3) is 5.56 Å². The highest BCUT2D eigenvalue weighted by atomic mass is 35.5. The second-order valence-electron chi connectivity index (χ2n) is 9.07. The second kappa shape index (κ2) is 9.76. The Morgan fingerprint density at radius 1 is 1.32 bits per heavy atom. The number of nitrogens with one attached hydrogen (secondary N) is 1. The number of aromatic nitrogens is 5. The van der Waals surface area contributed by atoms with Crippen molar-refractivity contribution in [3.8, 4) is 17.0 Å². The monoisotopic (exact) mass is 484 g/mol. The van der Waals surface area contributed by atoms with E-state index in [1.165, 1.54) is 6.42 Å². The fraction of sp³-hybridized carbons (Fsp3) is 0.500. The van der Waals surface area contributed by atoms with Crippen LogP contribution in [0.1, 0.15) is 30.7 Å². The highest BCUT2D eigenvalue weighted by molar-refractivity contribution is 6.33. The molecule has 2 fully saturated rings. The first kappa shape index (κ1) is 22.9. The van der Waals surface area contributed by atoms with Crippen LogP contribution in [0.3, 0.4) is 0 Å². The lowest BCUT2D eigenvalue weighted by Crippen LogP contribution is -2.26. The first-order valence-electron chi connectivity index (χ1n) is 11.7. The SMILES string of the molecule is Cc1nn(CC2CCCOC2)c(C)c1-c1ccnc(O[C@@H]2CCN(c3cn[nH]c(=O)c3Cl)C2)c1. The van der Waals surface area contributed by atoms with E-state index in [0.717, 1.165) is 61.7 Å². The van der Waals surface area contributed by atoms with E-state index in [9.17, 15) is 4.79 Å². The molecule has 0 saturated carbocycles. The van der Waals surface area contributed by atoms with Crippen molar-refractivity contribution in [3.05, 3.63) is 51.3 Å². The molecular weight excluding hydrogens is 456 g/mol. The quantitative estimate of drug-likeness (QED) is 0.572. The molecule has 1 N–H and O–H groups in total. The topological polar surface area (TPSA) is 98.2 Å². The third kappa shape index (κ3) is 4.67. The standard InChI is InChI=1S/C24H29ClN6O3/c1-15-22(16(2)31(29-15)12-17-4-3-9-33-14-17)18-5-7-26-21(10-18)34-19-6-8-30(13-19)20-11-27-28-24(32)23(20)25/h5,7,10-11,17,19H,3-4,6,8-9,12-14H2,1-2H3,(H,28,32)/t17?,19-/m1/s1. The van der Waals surface area contributed by atoms with Gasteiger partial charge in [-0.05, 0) is 38.3 Å². The van der Waals surface area contributed by atoms with Gasteiger partial charge in [-0.15, -0.1) is 0 Å². The number of halogens is 1. The fourth-order valence-corrected chi connectivity index (χ4v) is 5.14. The number of hydrogen-bond donors (Lipinski definition) is 1. The fourth-order valence-electron chi connectivity index (χ4n) is 4.93. The Morgan fingerprint density at radius 3 is 3.03 bits per heavy atom. The van der Waals surface area contributed by atoms with Crippen LogP contribution in [0.25, 0.3) is 11.1 Å². The van der Waals surface area contributed by atoms with Gasteiger partial charge in [0.05, 0.1) is 30.7 Å². The highest BCUT2D eigenvalue weighted by Crippen LogP contribution is 2.31. The molecule has 5 heterocycles. The zero-order valence-electron chi connectivity index (χ0n) is 19.5. The van der Waals surface area contributed by atoms with Gasteiger partial charge >= 0.3 is 0 Å². The lowest BCUT2D eigenvalue weighted by Gasteiger charge is -2.22. The van der Waals surface area contributed by atoms with Crippen molar-refractivity contribution < 1.29 is 9.47 Å². The predicted molar refractivity (Wildman–Crippen MR) is 130 cm³/mol. The van der Waals surface area contributed by atoms with Crippen molar-refractivity contribution in [1.82, 2.24) is 25.0 Å². The molecule has 0 aliphatic carbocycles. The molecule has 0 spiro atoms. The van der Waals surface area contributed by atoms with Crippen LogP contribution >= 0.6 is 11.6 Å². The predicted octanol–water partition coefficient (Wildman–Crippen LogP) is 3.38. The van der Waals surface area contributed by atoms with E-state index in [-0.39, 0.29) is 16.7 Å². The molecule has 10 heteroatoms. The minimum Gasteiger partial charge on any atom is -0.472 e. The number of aryl methyl sites for hydroxylation is 1. The van der Waals surface area contributed by atoms with Crippen LogP contribution in [0.2, 0.25) is 5.02 Å². The van der Waals surface area contributed by atoms with Crippen molar-refractivity contribution in [2.45, 2.75) is 45.8 Å². The first-order chi connectivity index (χ1) is 16.5. The number of hydrogen-bond acceptors (Lipinski definition) is 7. The molecule has 2 aliphatic heterocycles. The summed E-state index contributed by atoms with van der Waals surface area (Å²) in [6, 6.07) is 3.98. The number of ether oxygens (including phenoxy) is 2. The summed E-state index contributed by atoms with van der Waals surface area (Å²) in [5, 5.41) is 11.2. The molecule has 0 bridgehead atoms. The number of H-pyrrole nitrogens is 1. The van der Waals surface area contributed by atoms with Gasteiger partial charge in [-0.25, -0.2) is 10.1 Å². The van der Waals surface area contributed by atoms with Gasteiger partial charge in [-0.1, -0.05) is 11.6 Å². The summed E-state index contributed by atoms with van der Waals surface area (Å²) in [6.07, 6.45) is 6.39. The highest BCUT2D eigenvalue weighted by Gasteiger charge is 2.27. The van der Waals surface area contributed by atoms with Crippen LogP contribution in [0.15, 0.2) is 29.3 Å². The molecule has 1 unspecified atom stereocenters. The molecular formula is C24H29ClN6O3. The zero-order chi connectivity index (χ0) is 23.7. The Kier molecular flexibility index (Phi) is 6.56. The van der Waals surface area contributed by atoms with Crippen LogP contribution in [0, 0.1) is 19.8 Å².